The number of thioether (sulfide) groups is 2. The highest BCUT2D eigenvalue weighted by molar-refractivity contribution is 8.38. The first kappa shape index (κ1) is 10.7. The quantitative estimate of drug-likeness (QED) is 0.545. The summed E-state index contributed by atoms with van der Waals surface area (Å²) in [6.07, 6.45) is 2.06. The summed E-state index contributed by atoms with van der Waals surface area (Å²) in [5.41, 5.74) is 1.04. The zero-order valence-corrected chi connectivity index (χ0v) is 9.49. The van der Waals surface area contributed by atoms with Crippen molar-refractivity contribution in [3.05, 3.63) is 30.3 Å². The second-order valence-corrected chi connectivity index (χ2v) is 4.66. The van der Waals surface area contributed by atoms with Crippen LogP contribution in [0.5, 0.6) is 0 Å². The molecule has 3 heteroatoms. The predicted molar refractivity (Wildman–Crippen MR) is 65.2 cm³/mol. The maximum atomic E-state index is 4.51. The van der Waals surface area contributed by atoms with E-state index < -0.39 is 0 Å². The van der Waals surface area contributed by atoms with Crippen molar-refractivity contribution in [3.8, 4) is 0 Å². The van der Waals surface area contributed by atoms with Crippen LogP contribution in [0, 0.1) is 0 Å². The second kappa shape index (κ2) is 6.11. The minimum atomic E-state index is 1.04. The Morgan fingerprint density at radius 3 is 2.54 bits per heavy atom. The van der Waals surface area contributed by atoms with Crippen molar-refractivity contribution in [1.82, 2.24) is 0 Å². The van der Waals surface area contributed by atoms with Gasteiger partial charge in [-0.2, -0.15) is 0 Å². The third-order valence-electron chi connectivity index (χ3n) is 1.42. The highest BCUT2D eigenvalue weighted by Crippen LogP contribution is 2.20. The lowest BCUT2D eigenvalue weighted by Crippen LogP contribution is -1.83. The van der Waals surface area contributed by atoms with E-state index in [4.69, 9.17) is 0 Å². The van der Waals surface area contributed by atoms with Gasteiger partial charge in [0.05, 0.1) is 5.69 Å². The van der Waals surface area contributed by atoms with Crippen molar-refractivity contribution in [2.75, 3.05) is 12.0 Å². The standard InChI is InChI=1S/C10H13NS2/c1-3-13-10(12-2)11-9-7-5-4-6-8-9/h4-8H,3H2,1-2H3. The number of hydrogen-bond donors (Lipinski definition) is 0. The Hall–Kier alpha value is -0.410. The molecular weight excluding hydrogens is 198 g/mol. The zero-order valence-electron chi connectivity index (χ0n) is 7.86. The van der Waals surface area contributed by atoms with Crippen molar-refractivity contribution < 1.29 is 0 Å². The monoisotopic (exact) mass is 211 g/mol. The van der Waals surface area contributed by atoms with Crippen molar-refractivity contribution in [3.63, 3.8) is 0 Å². The van der Waals surface area contributed by atoms with Crippen molar-refractivity contribution in [1.29, 1.82) is 0 Å². The average Bonchev–Trinajstić information content (AvgIpc) is 2.19. The van der Waals surface area contributed by atoms with E-state index in [9.17, 15) is 0 Å². The average molecular weight is 211 g/mol. The van der Waals surface area contributed by atoms with Crippen LogP contribution in [-0.4, -0.2) is 16.4 Å². The molecule has 0 aliphatic carbocycles. The van der Waals surface area contributed by atoms with E-state index in [1.54, 1.807) is 23.5 Å². The minimum Gasteiger partial charge on any atom is -0.235 e. The lowest BCUT2D eigenvalue weighted by molar-refractivity contribution is 1.53. The summed E-state index contributed by atoms with van der Waals surface area (Å²) >= 11 is 3.49. The van der Waals surface area contributed by atoms with Gasteiger partial charge in [-0.15, -0.1) is 11.8 Å². The highest BCUT2D eigenvalue weighted by Gasteiger charge is 1.95. The predicted octanol–water partition coefficient (Wildman–Crippen LogP) is 3.79. The van der Waals surface area contributed by atoms with Gasteiger partial charge in [-0.3, -0.25) is 0 Å². The first-order valence-corrected chi connectivity index (χ1v) is 6.38. The fourth-order valence-electron chi connectivity index (χ4n) is 0.868. The van der Waals surface area contributed by atoms with E-state index >= 15 is 0 Å². The lowest BCUT2D eigenvalue weighted by atomic mass is 10.3. The van der Waals surface area contributed by atoms with E-state index in [0.717, 1.165) is 15.8 Å². The minimum absolute atomic E-state index is 1.04. The van der Waals surface area contributed by atoms with E-state index in [1.165, 1.54) is 0 Å². The van der Waals surface area contributed by atoms with Gasteiger partial charge in [0.1, 0.15) is 4.38 Å². The Morgan fingerprint density at radius 1 is 1.31 bits per heavy atom. The second-order valence-electron chi connectivity index (χ2n) is 2.35. The molecule has 1 aromatic rings. The maximum absolute atomic E-state index is 4.51. The van der Waals surface area contributed by atoms with E-state index in [1.807, 2.05) is 30.3 Å². The van der Waals surface area contributed by atoms with Crippen LogP contribution in [0.15, 0.2) is 35.3 Å². The number of hydrogen-bond acceptors (Lipinski definition) is 3. The Morgan fingerprint density at radius 2 is 2.00 bits per heavy atom. The van der Waals surface area contributed by atoms with Crippen molar-refractivity contribution >= 4 is 33.6 Å². The molecule has 0 unspecified atom stereocenters. The Labute approximate surface area is 88.0 Å². The molecule has 0 aromatic heterocycles. The zero-order chi connectivity index (χ0) is 9.52. The molecule has 0 heterocycles. The lowest BCUT2D eigenvalue weighted by Gasteiger charge is -1.99. The molecule has 0 saturated carbocycles. The van der Waals surface area contributed by atoms with Gasteiger partial charge in [0.25, 0.3) is 0 Å². The van der Waals surface area contributed by atoms with Crippen molar-refractivity contribution in [2.24, 2.45) is 4.99 Å². The first-order valence-electron chi connectivity index (χ1n) is 4.17. The third-order valence-corrected chi connectivity index (χ3v) is 3.34. The number of rotatable bonds is 2. The van der Waals surface area contributed by atoms with Gasteiger partial charge in [0, 0.05) is 0 Å². The number of aliphatic imine (C=N–C) groups is 1. The Kier molecular flexibility index (Phi) is 5.01. The fourth-order valence-corrected chi connectivity index (χ4v) is 2.31. The summed E-state index contributed by atoms with van der Waals surface area (Å²) in [5.74, 6) is 1.08. The van der Waals surface area contributed by atoms with Crippen LogP contribution in [0.2, 0.25) is 0 Å². The molecule has 0 radical (unpaired) electrons. The SMILES string of the molecule is CCSC(=Nc1ccccc1)SC. The topological polar surface area (TPSA) is 12.4 Å². The van der Waals surface area contributed by atoms with Gasteiger partial charge >= 0.3 is 0 Å². The van der Waals surface area contributed by atoms with Gasteiger partial charge in [-0.05, 0) is 24.1 Å². The van der Waals surface area contributed by atoms with Gasteiger partial charge in [-0.1, -0.05) is 36.9 Å². The molecule has 0 saturated heterocycles. The summed E-state index contributed by atoms with van der Waals surface area (Å²) in [7, 11) is 0. The molecule has 70 valence electrons. The van der Waals surface area contributed by atoms with E-state index in [2.05, 4.69) is 18.2 Å². The van der Waals surface area contributed by atoms with Gasteiger partial charge < -0.3 is 0 Å². The molecule has 0 bridgehead atoms. The van der Waals surface area contributed by atoms with E-state index in [-0.39, 0.29) is 0 Å². The van der Waals surface area contributed by atoms with Crippen LogP contribution in [0.3, 0.4) is 0 Å². The van der Waals surface area contributed by atoms with Gasteiger partial charge in [0.15, 0.2) is 0 Å². The number of benzene rings is 1. The molecule has 0 spiro atoms. The van der Waals surface area contributed by atoms with Crippen LogP contribution in [0.4, 0.5) is 5.69 Å². The molecule has 0 atom stereocenters. The third kappa shape index (κ3) is 3.87. The molecule has 0 fully saturated rings. The summed E-state index contributed by atoms with van der Waals surface area (Å²) in [5, 5.41) is 0. The maximum Gasteiger partial charge on any atom is 0.130 e. The molecule has 0 amide bonds. The molecule has 0 aliphatic heterocycles. The van der Waals surface area contributed by atoms with Crippen molar-refractivity contribution in [2.45, 2.75) is 6.92 Å². The molecular formula is C10H13NS2. The normalized spacial score (nSPS) is 11.7. The van der Waals surface area contributed by atoms with Crippen LogP contribution in [-0.2, 0) is 0 Å². The largest absolute Gasteiger partial charge is 0.235 e. The summed E-state index contributed by atoms with van der Waals surface area (Å²) in [4.78, 5) is 4.51. The molecule has 1 rings (SSSR count). The summed E-state index contributed by atoms with van der Waals surface area (Å²) in [6.45, 7) is 2.14. The summed E-state index contributed by atoms with van der Waals surface area (Å²) in [6, 6.07) is 10.1. The molecule has 0 aliphatic rings. The van der Waals surface area contributed by atoms with Crippen LogP contribution in [0.1, 0.15) is 6.92 Å². The number of para-hydroxylation sites is 1. The van der Waals surface area contributed by atoms with E-state index in [0.29, 0.717) is 0 Å². The van der Waals surface area contributed by atoms with Crippen LogP contribution >= 0.6 is 23.5 Å². The Balaban J connectivity index is 2.73. The smallest absolute Gasteiger partial charge is 0.130 e. The Bertz CT molecular complexity index is 270. The summed E-state index contributed by atoms with van der Waals surface area (Å²) < 4.78 is 1.13. The van der Waals surface area contributed by atoms with Gasteiger partial charge in [-0.25, -0.2) is 4.99 Å². The molecule has 1 aromatic carbocycles. The molecule has 1 nitrogen and oxygen atoms in total. The van der Waals surface area contributed by atoms with Gasteiger partial charge in [0.2, 0.25) is 0 Å². The fraction of sp³-hybridized carbons (Fsp3) is 0.300. The molecule has 0 N–H and O–H groups in total. The van der Waals surface area contributed by atoms with Crippen LogP contribution in [0.25, 0.3) is 0 Å². The molecule has 13 heavy (non-hydrogen) atoms. The number of nitrogens with zero attached hydrogens (tertiary/aromatic N) is 1. The van der Waals surface area contributed by atoms with Crippen LogP contribution < -0.4 is 0 Å². The highest BCUT2D eigenvalue weighted by atomic mass is 32.2. The first-order chi connectivity index (χ1) is 6.36.